The molecule has 0 saturated heterocycles. The van der Waals surface area contributed by atoms with Crippen LogP contribution in [0.3, 0.4) is 0 Å². The van der Waals surface area contributed by atoms with Crippen molar-refractivity contribution in [2.45, 2.75) is 0 Å². The number of carboxylic acids is 1. The fourth-order valence-corrected chi connectivity index (χ4v) is 1.39. The summed E-state index contributed by atoms with van der Waals surface area (Å²) >= 11 is 0. The second kappa shape index (κ2) is 3.70. The van der Waals surface area contributed by atoms with Gasteiger partial charge in [0.05, 0.1) is 11.1 Å². The maximum atomic E-state index is 10.9. The molecular weight excluding hydrogens is 232 g/mol. The number of aryl methyl sites for hydroxylation is 1. The number of nitrogens with zero attached hydrogens (tertiary/aromatic N) is 4. The van der Waals surface area contributed by atoms with Crippen molar-refractivity contribution >= 4 is 11.7 Å². The molecule has 0 unspecified atom stereocenters. The van der Waals surface area contributed by atoms with Crippen molar-refractivity contribution < 1.29 is 19.3 Å². The number of aromatic carboxylic acids is 1. The van der Waals surface area contributed by atoms with E-state index in [4.69, 9.17) is 9.63 Å². The molecule has 0 aliphatic heterocycles. The van der Waals surface area contributed by atoms with E-state index in [-0.39, 0.29) is 22.7 Å². The van der Waals surface area contributed by atoms with Gasteiger partial charge in [0.25, 0.3) is 0 Å². The minimum Gasteiger partial charge on any atom is -0.477 e. The van der Waals surface area contributed by atoms with E-state index < -0.39 is 10.9 Å². The SMILES string of the molecule is Cn1ncc([N+](=O)[O-])c1-c1oncc1C(=O)O. The molecule has 9 nitrogen and oxygen atoms in total. The second-order valence-corrected chi connectivity index (χ2v) is 3.13. The summed E-state index contributed by atoms with van der Waals surface area (Å²) in [5.74, 6) is -1.47. The standard InChI is InChI=1S/C8H6N4O5/c1-11-6(5(3-9-11)12(15)16)7-4(8(13)14)2-10-17-7/h2-3H,1H3,(H,13,14). The van der Waals surface area contributed by atoms with Crippen molar-refractivity contribution in [2.24, 2.45) is 7.05 Å². The van der Waals surface area contributed by atoms with Crippen molar-refractivity contribution in [3.8, 4) is 11.5 Å². The minimum atomic E-state index is -1.28. The van der Waals surface area contributed by atoms with Gasteiger partial charge in [-0.3, -0.25) is 14.8 Å². The molecule has 9 heteroatoms. The molecule has 0 aliphatic carbocycles. The monoisotopic (exact) mass is 238 g/mol. The third kappa shape index (κ3) is 1.62. The average Bonchev–Trinajstić information content (AvgIpc) is 2.82. The van der Waals surface area contributed by atoms with Crippen molar-refractivity contribution in [3.05, 3.63) is 28.1 Å². The van der Waals surface area contributed by atoms with Gasteiger partial charge in [-0.25, -0.2) is 4.79 Å². The lowest BCUT2D eigenvalue weighted by Gasteiger charge is -1.97. The Hall–Kier alpha value is -2.71. The molecule has 0 bridgehead atoms. The number of carbonyl (C=O) groups is 1. The highest BCUT2D eigenvalue weighted by Gasteiger charge is 2.28. The summed E-state index contributed by atoms with van der Waals surface area (Å²) in [6.45, 7) is 0. The molecule has 0 atom stereocenters. The van der Waals surface area contributed by atoms with Crippen LogP contribution in [0.1, 0.15) is 10.4 Å². The van der Waals surface area contributed by atoms with Gasteiger partial charge in [-0.05, 0) is 0 Å². The summed E-state index contributed by atoms with van der Waals surface area (Å²) in [5.41, 5.74) is -0.631. The molecular formula is C8H6N4O5. The van der Waals surface area contributed by atoms with Crippen LogP contribution in [0.25, 0.3) is 11.5 Å². The molecule has 1 N–H and O–H groups in total. The molecule has 0 saturated carbocycles. The van der Waals surface area contributed by atoms with Crippen LogP contribution < -0.4 is 0 Å². The van der Waals surface area contributed by atoms with Crippen LogP contribution in [0.15, 0.2) is 16.9 Å². The lowest BCUT2D eigenvalue weighted by molar-refractivity contribution is -0.384. The average molecular weight is 238 g/mol. The maximum absolute atomic E-state index is 10.9. The molecule has 2 rings (SSSR count). The quantitative estimate of drug-likeness (QED) is 0.615. The summed E-state index contributed by atoms with van der Waals surface area (Å²) in [6.07, 6.45) is 2.00. The summed E-state index contributed by atoms with van der Waals surface area (Å²) in [6, 6.07) is 0. The van der Waals surface area contributed by atoms with Crippen LogP contribution in [0, 0.1) is 10.1 Å². The molecule has 0 aliphatic rings. The fourth-order valence-electron chi connectivity index (χ4n) is 1.39. The zero-order valence-electron chi connectivity index (χ0n) is 8.52. The Morgan fingerprint density at radius 3 is 2.88 bits per heavy atom. The fraction of sp³-hybridized carbons (Fsp3) is 0.125. The lowest BCUT2D eigenvalue weighted by Crippen LogP contribution is -2.01. The van der Waals surface area contributed by atoms with E-state index in [1.165, 1.54) is 7.05 Å². The summed E-state index contributed by atoms with van der Waals surface area (Å²) in [7, 11) is 1.44. The van der Waals surface area contributed by atoms with E-state index in [1.54, 1.807) is 0 Å². The molecule has 2 aromatic rings. The first-order chi connectivity index (χ1) is 8.02. The van der Waals surface area contributed by atoms with E-state index >= 15 is 0 Å². The van der Waals surface area contributed by atoms with Gasteiger partial charge in [-0.15, -0.1) is 0 Å². The van der Waals surface area contributed by atoms with Crippen molar-refractivity contribution in [2.75, 3.05) is 0 Å². The summed E-state index contributed by atoms with van der Waals surface area (Å²) < 4.78 is 5.90. The number of nitro groups is 1. The first-order valence-corrected chi connectivity index (χ1v) is 4.37. The van der Waals surface area contributed by atoms with E-state index in [1.807, 2.05) is 0 Å². The van der Waals surface area contributed by atoms with Gasteiger partial charge < -0.3 is 9.63 Å². The Kier molecular flexibility index (Phi) is 2.35. The highest BCUT2D eigenvalue weighted by atomic mass is 16.6. The normalized spacial score (nSPS) is 10.4. The molecule has 0 amide bonds. The first-order valence-electron chi connectivity index (χ1n) is 4.37. The van der Waals surface area contributed by atoms with E-state index in [2.05, 4.69) is 10.3 Å². The van der Waals surface area contributed by atoms with Gasteiger partial charge in [-0.2, -0.15) is 5.10 Å². The van der Waals surface area contributed by atoms with Crippen molar-refractivity contribution in [1.29, 1.82) is 0 Å². The van der Waals surface area contributed by atoms with E-state index in [9.17, 15) is 14.9 Å². The van der Waals surface area contributed by atoms with Gasteiger partial charge >= 0.3 is 11.7 Å². The predicted molar refractivity (Wildman–Crippen MR) is 52.3 cm³/mol. The highest BCUT2D eigenvalue weighted by Crippen LogP contribution is 2.31. The number of rotatable bonds is 3. The van der Waals surface area contributed by atoms with Gasteiger partial charge in [-0.1, -0.05) is 5.16 Å². The zero-order valence-corrected chi connectivity index (χ0v) is 8.52. The molecule has 17 heavy (non-hydrogen) atoms. The highest BCUT2D eigenvalue weighted by molar-refractivity contribution is 5.94. The molecule has 0 radical (unpaired) electrons. The largest absolute Gasteiger partial charge is 0.477 e. The molecule has 0 fully saturated rings. The Labute approximate surface area is 93.4 Å². The van der Waals surface area contributed by atoms with Gasteiger partial charge in [0.1, 0.15) is 11.8 Å². The van der Waals surface area contributed by atoms with Crippen LogP contribution >= 0.6 is 0 Å². The molecule has 2 heterocycles. The Bertz CT molecular complexity index is 599. The van der Waals surface area contributed by atoms with Gasteiger partial charge in [0.2, 0.25) is 5.76 Å². The number of hydrogen-bond donors (Lipinski definition) is 1. The van der Waals surface area contributed by atoms with Crippen molar-refractivity contribution in [1.82, 2.24) is 14.9 Å². The van der Waals surface area contributed by atoms with Crippen LogP contribution in [0.5, 0.6) is 0 Å². The number of aromatic nitrogens is 3. The maximum Gasteiger partial charge on any atom is 0.341 e. The van der Waals surface area contributed by atoms with Gasteiger partial charge in [0.15, 0.2) is 5.69 Å². The second-order valence-electron chi connectivity index (χ2n) is 3.13. The smallest absolute Gasteiger partial charge is 0.341 e. The van der Waals surface area contributed by atoms with Crippen molar-refractivity contribution in [3.63, 3.8) is 0 Å². The van der Waals surface area contributed by atoms with Crippen LogP contribution in [-0.4, -0.2) is 30.9 Å². The third-order valence-electron chi connectivity index (χ3n) is 2.13. The topological polar surface area (TPSA) is 124 Å². The van der Waals surface area contributed by atoms with Crippen LogP contribution in [-0.2, 0) is 7.05 Å². The molecule has 2 aromatic heterocycles. The Balaban J connectivity index is 2.68. The van der Waals surface area contributed by atoms with Crippen LogP contribution in [0.2, 0.25) is 0 Å². The summed E-state index contributed by atoms with van der Waals surface area (Å²) in [4.78, 5) is 21.0. The number of hydrogen-bond acceptors (Lipinski definition) is 6. The number of carboxylic acid groups (broad SMARTS) is 1. The molecule has 0 aromatic carbocycles. The molecule has 88 valence electrons. The van der Waals surface area contributed by atoms with E-state index in [0.29, 0.717) is 0 Å². The first kappa shape index (κ1) is 10.8. The van der Waals surface area contributed by atoms with E-state index in [0.717, 1.165) is 17.1 Å². The predicted octanol–water partition coefficient (Wildman–Crippen LogP) is 0.681. The minimum absolute atomic E-state index is 0.0371. The lowest BCUT2D eigenvalue weighted by atomic mass is 10.2. The Morgan fingerprint density at radius 1 is 1.59 bits per heavy atom. The van der Waals surface area contributed by atoms with Crippen LogP contribution in [0.4, 0.5) is 5.69 Å². The summed E-state index contributed by atoms with van der Waals surface area (Å²) in [5, 5.41) is 26.6. The van der Waals surface area contributed by atoms with Gasteiger partial charge in [0, 0.05) is 7.05 Å². The third-order valence-corrected chi connectivity index (χ3v) is 2.13. The zero-order chi connectivity index (χ0) is 12.6. The molecule has 0 spiro atoms. The Morgan fingerprint density at radius 2 is 2.29 bits per heavy atom.